The smallest absolute Gasteiger partial charge is 0.272 e. The Hall–Kier alpha value is -3.46. The molecule has 30 heavy (non-hydrogen) atoms. The van der Waals surface area contributed by atoms with Gasteiger partial charge in [-0.15, -0.1) is 0 Å². The van der Waals surface area contributed by atoms with Crippen molar-refractivity contribution in [1.29, 1.82) is 0 Å². The zero-order valence-corrected chi connectivity index (χ0v) is 17.7. The Balaban J connectivity index is 1.64. The normalized spacial score (nSPS) is 13.3. The van der Waals surface area contributed by atoms with Gasteiger partial charge in [0, 0.05) is 25.3 Å². The highest BCUT2D eigenvalue weighted by atomic mass is 32.1. The van der Waals surface area contributed by atoms with Crippen LogP contribution >= 0.6 is 11.3 Å². The lowest BCUT2D eigenvalue weighted by molar-refractivity contribution is -0.113. The van der Waals surface area contributed by atoms with E-state index in [9.17, 15) is 4.79 Å². The SMILES string of the molecule is COc1cc(/C=C\C(=O)N=c2sc3cc4c(cc3n2C)OCO4)cc(OC)c1OC. The molecule has 2 aromatic carbocycles. The van der Waals surface area contributed by atoms with E-state index >= 15 is 0 Å². The average Bonchev–Trinajstić information content (AvgIpc) is 3.33. The minimum absolute atomic E-state index is 0.220. The highest BCUT2D eigenvalue weighted by Crippen LogP contribution is 2.38. The molecule has 1 aliphatic rings. The number of ether oxygens (including phenoxy) is 5. The first-order chi connectivity index (χ1) is 14.5. The van der Waals surface area contributed by atoms with Crippen molar-refractivity contribution in [2.24, 2.45) is 12.0 Å². The number of aromatic nitrogens is 1. The Labute approximate surface area is 176 Å². The Morgan fingerprint density at radius 2 is 1.73 bits per heavy atom. The number of rotatable bonds is 5. The predicted molar refractivity (Wildman–Crippen MR) is 113 cm³/mol. The van der Waals surface area contributed by atoms with Gasteiger partial charge in [-0.25, -0.2) is 0 Å². The molecule has 0 atom stereocenters. The van der Waals surface area contributed by atoms with Crippen molar-refractivity contribution in [3.63, 3.8) is 0 Å². The molecule has 0 radical (unpaired) electrons. The maximum Gasteiger partial charge on any atom is 0.272 e. The van der Waals surface area contributed by atoms with E-state index in [0.29, 0.717) is 33.5 Å². The molecule has 0 bridgehead atoms. The number of fused-ring (bicyclic) bond motifs is 2. The van der Waals surface area contributed by atoms with E-state index in [4.69, 9.17) is 23.7 Å². The summed E-state index contributed by atoms with van der Waals surface area (Å²) in [5.41, 5.74) is 1.64. The second-order valence-corrected chi connectivity index (χ2v) is 7.37. The molecule has 8 nitrogen and oxygen atoms in total. The molecule has 0 spiro atoms. The van der Waals surface area contributed by atoms with Gasteiger partial charge in [-0.3, -0.25) is 4.79 Å². The van der Waals surface area contributed by atoms with Gasteiger partial charge in [-0.05, 0) is 23.8 Å². The lowest BCUT2D eigenvalue weighted by Crippen LogP contribution is -2.12. The predicted octanol–water partition coefficient (Wildman–Crippen LogP) is 3.14. The third-order valence-corrected chi connectivity index (χ3v) is 5.71. The van der Waals surface area contributed by atoms with Crippen LogP contribution in [-0.2, 0) is 11.8 Å². The number of hydrogen-bond donors (Lipinski definition) is 0. The largest absolute Gasteiger partial charge is 0.493 e. The number of hydrogen-bond acceptors (Lipinski definition) is 7. The van der Waals surface area contributed by atoms with Crippen molar-refractivity contribution < 1.29 is 28.5 Å². The van der Waals surface area contributed by atoms with Crippen LogP contribution in [0.15, 0.2) is 35.3 Å². The van der Waals surface area contributed by atoms with Crippen LogP contribution in [-0.4, -0.2) is 38.6 Å². The first kappa shape index (κ1) is 19.8. The number of aryl methyl sites for hydroxylation is 1. The molecule has 3 aromatic rings. The minimum atomic E-state index is -0.383. The molecule has 0 aliphatic carbocycles. The summed E-state index contributed by atoms with van der Waals surface area (Å²) in [7, 11) is 6.48. The lowest BCUT2D eigenvalue weighted by atomic mass is 10.1. The van der Waals surface area contributed by atoms with Crippen LogP contribution in [0, 0.1) is 0 Å². The van der Waals surface area contributed by atoms with Gasteiger partial charge in [0.1, 0.15) is 0 Å². The first-order valence-corrected chi connectivity index (χ1v) is 9.81. The second-order valence-electron chi connectivity index (χ2n) is 6.36. The van der Waals surface area contributed by atoms with Crippen molar-refractivity contribution in [2.45, 2.75) is 0 Å². The highest BCUT2D eigenvalue weighted by Gasteiger charge is 2.17. The van der Waals surface area contributed by atoms with E-state index in [0.717, 1.165) is 15.8 Å². The monoisotopic (exact) mass is 428 g/mol. The molecule has 9 heteroatoms. The Kier molecular flexibility index (Phi) is 5.37. The maximum atomic E-state index is 12.5. The van der Waals surface area contributed by atoms with Gasteiger partial charge in [-0.2, -0.15) is 4.99 Å². The van der Waals surface area contributed by atoms with Crippen LogP contribution in [0.25, 0.3) is 16.3 Å². The van der Waals surface area contributed by atoms with Gasteiger partial charge in [0.2, 0.25) is 12.5 Å². The van der Waals surface area contributed by atoms with Gasteiger partial charge >= 0.3 is 0 Å². The summed E-state index contributed by atoms with van der Waals surface area (Å²) < 4.78 is 29.6. The fourth-order valence-corrected chi connectivity index (χ4v) is 4.15. The second kappa shape index (κ2) is 8.11. The molecular weight excluding hydrogens is 408 g/mol. The molecule has 2 heterocycles. The van der Waals surface area contributed by atoms with Crippen LogP contribution in [0.3, 0.4) is 0 Å². The summed E-state index contributed by atoms with van der Waals surface area (Å²) in [5.74, 6) is 2.51. The van der Waals surface area contributed by atoms with E-state index in [2.05, 4.69) is 4.99 Å². The molecule has 4 rings (SSSR count). The van der Waals surface area contributed by atoms with Crippen molar-refractivity contribution in [1.82, 2.24) is 4.57 Å². The lowest BCUT2D eigenvalue weighted by Gasteiger charge is -2.12. The van der Waals surface area contributed by atoms with E-state index in [1.807, 2.05) is 23.7 Å². The van der Waals surface area contributed by atoms with Crippen molar-refractivity contribution in [3.05, 3.63) is 40.7 Å². The van der Waals surface area contributed by atoms with E-state index in [1.54, 1.807) is 32.4 Å². The van der Waals surface area contributed by atoms with Gasteiger partial charge in [0.25, 0.3) is 5.91 Å². The zero-order chi connectivity index (χ0) is 21.3. The standard InChI is InChI=1S/C21H20N2O6S/c1-23-13-9-14-15(29-11-28-14)10-18(13)30-21(23)22-19(24)6-5-12-7-16(25-2)20(27-4)17(8-12)26-3/h5-10H,11H2,1-4H3/b6-5-,22-21?. The fourth-order valence-electron chi connectivity index (χ4n) is 3.12. The zero-order valence-electron chi connectivity index (χ0n) is 16.9. The van der Waals surface area contributed by atoms with Crippen molar-refractivity contribution in [3.8, 4) is 28.7 Å². The van der Waals surface area contributed by atoms with Gasteiger partial charge in [-0.1, -0.05) is 11.3 Å². The van der Waals surface area contributed by atoms with Crippen LogP contribution in [0.1, 0.15) is 5.56 Å². The number of amides is 1. The van der Waals surface area contributed by atoms with E-state index in [1.165, 1.54) is 24.5 Å². The quantitative estimate of drug-likeness (QED) is 0.581. The molecule has 1 aromatic heterocycles. The third kappa shape index (κ3) is 3.59. The number of methoxy groups -OCH3 is 3. The summed E-state index contributed by atoms with van der Waals surface area (Å²) in [6.07, 6.45) is 3.05. The van der Waals surface area contributed by atoms with Gasteiger partial charge < -0.3 is 28.3 Å². The molecular formula is C21H20N2O6S. The summed E-state index contributed by atoms with van der Waals surface area (Å²) in [6, 6.07) is 7.30. The minimum Gasteiger partial charge on any atom is -0.493 e. The Morgan fingerprint density at radius 1 is 1.07 bits per heavy atom. The Bertz CT molecular complexity index is 1200. The molecule has 156 valence electrons. The van der Waals surface area contributed by atoms with Crippen molar-refractivity contribution >= 4 is 33.5 Å². The number of carbonyl (C=O) groups excluding carboxylic acids is 1. The van der Waals surface area contributed by atoms with Crippen LogP contribution in [0.5, 0.6) is 28.7 Å². The Morgan fingerprint density at radius 3 is 2.37 bits per heavy atom. The third-order valence-electron chi connectivity index (χ3n) is 4.61. The first-order valence-electron chi connectivity index (χ1n) is 9.00. The summed E-state index contributed by atoms with van der Waals surface area (Å²) in [5, 5.41) is 0. The highest BCUT2D eigenvalue weighted by molar-refractivity contribution is 7.16. The van der Waals surface area contributed by atoms with Gasteiger partial charge in [0.05, 0.1) is 31.5 Å². The molecule has 1 amide bonds. The van der Waals surface area contributed by atoms with Crippen LogP contribution < -0.4 is 28.5 Å². The van der Waals surface area contributed by atoms with Crippen LogP contribution in [0.2, 0.25) is 0 Å². The molecule has 0 saturated heterocycles. The van der Waals surface area contributed by atoms with Crippen LogP contribution in [0.4, 0.5) is 0 Å². The summed E-state index contributed by atoms with van der Waals surface area (Å²) >= 11 is 1.41. The number of benzene rings is 2. The summed E-state index contributed by atoms with van der Waals surface area (Å²) in [6.45, 7) is 0.220. The van der Waals surface area contributed by atoms with E-state index < -0.39 is 0 Å². The van der Waals surface area contributed by atoms with Gasteiger partial charge in [0.15, 0.2) is 27.8 Å². The van der Waals surface area contributed by atoms with E-state index in [-0.39, 0.29) is 12.7 Å². The average molecular weight is 428 g/mol. The fraction of sp³-hybridized carbons (Fsp3) is 0.238. The number of carbonyl (C=O) groups is 1. The number of thiazole rings is 1. The molecule has 0 saturated carbocycles. The summed E-state index contributed by atoms with van der Waals surface area (Å²) in [4.78, 5) is 17.2. The molecule has 0 N–H and O–H groups in total. The topological polar surface area (TPSA) is 80.5 Å². The maximum absolute atomic E-state index is 12.5. The number of nitrogens with zero attached hydrogens (tertiary/aromatic N) is 2. The van der Waals surface area contributed by atoms with Crippen molar-refractivity contribution in [2.75, 3.05) is 28.1 Å². The molecule has 1 aliphatic heterocycles. The molecule has 0 unspecified atom stereocenters. The molecule has 0 fully saturated rings.